The average molecular weight is 569 g/mol. The van der Waals surface area contributed by atoms with Gasteiger partial charge in [0.15, 0.2) is 0 Å². The van der Waals surface area contributed by atoms with Crippen molar-refractivity contribution in [3.8, 4) is 5.69 Å². The second-order valence-electron chi connectivity index (χ2n) is 10.2. The van der Waals surface area contributed by atoms with Crippen LogP contribution in [0.1, 0.15) is 48.2 Å². The number of aromatic nitrogens is 4. The van der Waals surface area contributed by atoms with Crippen LogP contribution in [0.15, 0.2) is 59.7 Å². The van der Waals surface area contributed by atoms with Gasteiger partial charge >= 0.3 is 5.69 Å². The van der Waals surface area contributed by atoms with Gasteiger partial charge in [0.2, 0.25) is 6.43 Å². The van der Waals surface area contributed by atoms with Crippen LogP contribution >= 0.6 is 11.6 Å². The number of imidazole rings is 1. The molecule has 0 saturated heterocycles. The molecule has 11 heteroatoms. The molecule has 0 radical (unpaired) electrons. The quantitative estimate of drug-likeness (QED) is 0.274. The van der Waals surface area contributed by atoms with Crippen molar-refractivity contribution < 1.29 is 13.6 Å². The van der Waals surface area contributed by atoms with E-state index in [9.17, 15) is 18.4 Å². The van der Waals surface area contributed by atoms with Crippen LogP contribution in [0.3, 0.4) is 0 Å². The zero-order chi connectivity index (χ0) is 28.2. The third-order valence-corrected chi connectivity index (χ3v) is 7.64. The van der Waals surface area contributed by atoms with Gasteiger partial charge in [0.25, 0.3) is 5.91 Å². The molecule has 210 valence electrons. The van der Waals surface area contributed by atoms with Crippen molar-refractivity contribution >= 4 is 34.4 Å². The van der Waals surface area contributed by atoms with Crippen LogP contribution in [0.5, 0.6) is 0 Å². The van der Waals surface area contributed by atoms with E-state index in [0.717, 1.165) is 36.7 Å². The number of aryl methyl sites for hydroxylation is 1. The number of halogens is 3. The van der Waals surface area contributed by atoms with Gasteiger partial charge in [0.1, 0.15) is 5.82 Å². The molecule has 4 aromatic rings. The van der Waals surface area contributed by atoms with Crippen molar-refractivity contribution in [1.29, 1.82) is 0 Å². The molecular weight excluding hydrogens is 538 g/mol. The summed E-state index contributed by atoms with van der Waals surface area (Å²) in [6.45, 7) is 2.48. The van der Waals surface area contributed by atoms with E-state index in [0.29, 0.717) is 40.2 Å². The van der Waals surface area contributed by atoms with E-state index in [1.54, 1.807) is 35.9 Å². The zero-order valence-corrected chi connectivity index (χ0v) is 22.9. The van der Waals surface area contributed by atoms with Crippen LogP contribution in [0.25, 0.3) is 16.7 Å². The largest absolute Gasteiger partial charge is 0.370 e. The minimum atomic E-state index is -2.37. The van der Waals surface area contributed by atoms with Gasteiger partial charge in [-0.1, -0.05) is 23.7 Å². The zero-order valence-electron chi connectivity index (χ0n) is 22.1. The second kappa shape index (κ2) is 12.2. The Bertz CT molecular complexity index is 1540. The maximum Gasteiger partial charge on any atom is 0.333 e. The topological polar surface area (TPSA) is 93.8 Å². The highest BCUT2D eigenvalue weighted by atomic mass is 35.5. The lowest BCUT2D eigenvalue weighted by molar-refractivity contribution is 0.0919. The Morgan fingerprint density at radius 2 is 1.82 bits per heavy atom. The molecule has 1 fully saturated rings. The van der Waals surface area contributed by atoms with Crippen molar-refractivity contribution in [2.45, 2.75) is 58.0 Å². The number of hydrogen-bond acceptors (Lipinski definition) is 5. The van der Waals surface area contributed by atoms with E-state index in [-0.39, 0.29) is 30.6 Å². The normalized spacial score (nSPS) is 17.3. The first kappa shape index (κ1) is 27.8. The highest BCUT2D eigenvalue weighted by Gasteiger charge is 2.25. The van der Waals surface area contributed by atoms with Gasteiger partial charge in [0, 0.05) is 31.7 Å². The van der Waals surface area contributed by atoms with Gasteiger partial charge in [-0.05, 0) is 68.9 Å². The van der Waals surface area contributed by atoms with Gasteiger partial charge in [-0.15, -0.1) is 0 Å². The van der Waals surface area contributed by atoms with Crippen LogP contribution in [-0.4, -0.2) is 44.0 Å². The van der Waals surface area contributed by atoms with Crippen LogP contribution in [0.2, 0.25) is 5.02 Å². The maximum absolute atomic E-state index is 13.6. The summed E-state index contributed by atoms with van der Waals surface area (Å²) >= 11 is 6.03. The summed E-state index contributed by atoms with van der Waals surface area (Å²) in [5, 5.41) is 6.42. The third-order valence-electron chi connectivity index (χ3n) is 7.43. The molecule has 0 aliphatic heterocycles. The molecule has 0 spiro atoms. The molecule has 0 atom stereocenters. The predicted octanol–water partition coefficient (Wildman–Crippen LogP) is 5.60. The number of alkyl halides is 2. The Morgan fingerprint density at radius 3 is 2.52 bits per heavy atom. The fourth-order valence-corrected chi connectivity index (χ4v) is 5.47. The minimum Gasteiger partial charge on any atom is -0.370 e. The first-order valence-electron chi connectivity index (χ1n) is 13.4. The smallest absolute Gasteiger partial charge is 0.333 e. The molecule has 3 aromatic heterocycles. The molecule has 3 heterocycles. The number of nitrogens with one attached hydrogen (secondary N) is 2. The number of carbonyl (C=O) groups is 1. The van der Waals surface area contributed by atoms with Gasteiger partial charge in [-0.3, -0.25) is 18.9 Å². The molecule has 0 bridgehead atoms. The Balaban J connectivity index is 1.27. The van der Waals surface area contributed by atoms with Crippen molar-refractivity contribution in [3.63, 3.8) is 0 Å². The van der Waals surface area contributed by atoms with E-state index >= 15 is 0 Å². The summed E-state index contributed by atoms with van der Waals surface area (Å²) in [7, 11) is 0. The molecule has 1 amide bonds. The molecule has 2 N–H and O–H groups in total. The molecule has 0 unspecified atom stereocenters. The molecule has 1 saturated carbocycles. The van der Waals surface area contributed by atoms with E-state index in [1.165, 1.54) is 6.20 Å². The van der Waals surface area contributed by atoms with Crippen molar-refractivity contribution in [2.24, 2.45) is 5.92 Å². The molecule has 40 heavy (non-hydrogen) atoms. The number of carbonyl (C=O) groups excluding carboxylic acids is 1. The van der Waals surface area contributed by atoms with Crippen LogP contribution < -0.4 is 16.3 Å². The van der Waals surface area contributed by atoms with E-state index in [1.807, 2.05) is 28.8 Å². The van der Waals surface area contributed by atoms with Crippen molar-refractivity contribution in [3.05, 3.63) is 81.6 Å². The van der Waals surface area contributed by atoms with Crippen LogP contribution in [0.4, 0.5) is 14.6 Å². The molecule has 1 aromatic carbocycles. The molecule has 1 aliphatic carbocycles. The number of benzene rings is 1. The van der Waals surface area contributed by atoms with E-state index in [4.69, 9.17) is 11.6 Å². The summed E-state index contributed by atoms with van der Waals surface area (Å²) in [5.74, 6) is 0.602. The number of amides is 1. The van der Waals surface area contributed by atoms with Crippen LogP contribution in [-0.2, 0) is 6.54 Å². The van der Waals surface area contributed by atoms with Gasteiger partial charge in [-0.2, -0.15) is 0 Å². The number of anilines is 1. The lowest BCUT2D eigenvalue weighted by Crippen LogP contribution is -2.39. The lowest BCUT2D eigenvalue weighted by Gasteiger charge is -2.29. The van der Waals surface area contributed by atoms with E-state index in [2.05, 4.69) is 20.6 Å². The third kappa shape index (κ3) is 6.17. The minimum absolute atomic E-state index is 0.0547. The number of pyridine rings is 2. The molecule has 8 nitrogen and oxygen atoms in total. The molecule has 5 rings (SSSR count). The lowest BCUT2D eigenvalue weighted by atomic mass is 9.85. The first-order valence-corrected chi connectivity index (χ1v) is 13.8. The average Bonchev–Trinajstić information content (AvgIpc) is 3.22. The van der Waals surface area contributed by atoms with Crippen LogP contribution in [0, 0.1) is 12.8 Å². The Hall–Kier alpha value is -3.79. The summed E-state index contributed by atoms with van der Waals surface area (Å²) in [6, 6.07) is 12.8. The second-order valence-corrected chi connectivity index (χ2v) is 10.6. The highest BCUT2D eigenvalue weighted by molar-refractivity contribution is 6.30. The maximum atomic E-state index is 13.6. The number of nitrogens with zero attached hydrogens (tertiary/aromatic N) is 4. The molecular formula is C29H31ClF2N6O2. The monoisotopic (exact) mass is 568 g/mol. The van der Waals surface area contributed by atoms with Crippen molar-refractivity contribution in [2.75, 3.05) is 11.9 Å². The predicted molar refractivity (Wildman–Crippen MR) is 152 cm³/mol. The fourth-order valence-electron chi connectivity index (χ4n) is 5.31. The standard InChI is InChI=1S/C29H31ClF2N6O2/c1-18-23(14-20(30)15-34-18)28(39)36-21-8-6-19(7-9-21)17-37-24-4-2-3-5-25(24)38(29(37)40)22-10-11-27(35-16-22)33-13-12-26(31)32/h2-5,10-11,14-16,19,21,26H,6-9,12-13,17H2,1H3,(H,33,35)(H,36,39). The summed E-state index contributed by atoms with van der Waals surface area (Å²) < 4.78 is 28.3. The Labute approximate surface area is 235 Å². The SMILES string of the molecule is Cc1ncc(Cl)cc1C(=O)NC1CCC(Cn2c(=O)n(-c3ccc(NCCC(F)F)nc3)c3ccccc32)CC1. The van der Waals surface area contributed by atoms with Gasteiger partial charge in [-0.25, -0.2) is 18.6 Å². The number of rotatable bonds is 9. The highest BCUT2D eigenvalue weighted by Crippen LogP contribution is 2.28. The summed E-state index contributed by atoms with van der Waals surface area (Å²) in [5.41, 5.74) is 3.20. The number of para-hydroxylation sites is 2. The summed E-state index contributed by atoms with van der Waals surface area (Å²) in [4.78, 5) is 34.9. The number of hydrogen-bond donors (Lipinski definition) is 2. The molecule has 1 aliphatic rings. The fraction of sp³-hybridized carbons (Fsp3) is 0.379. The van der Waals surface area contributed by atoms with Crippen molar-refractivity contribution in [1.82, 2.24) is 24.4 Å². The van der Waals surface area contributed by atoms with Gasteiger partial charge in [0.05, 0.1) is 39.2 Å². The Morgan fingerprint density at radius 1 is 1.07 bits per heavy atom. The van der Waals surface area contributed by atoms with E-state index < -0.39 is 6.43 Å². The summed E-state index contributed by atoms with van der Waals surface area (Å²) in [6.07, 6.45) is 3.87. The first-order chi connectivity index (χ1) is 19.3. The number of fused-ring (bicyclic) bond motifs is 1. The Kier molecular flexibility index (Phi) is 8.44. The van der Waals surface area contributed by atoms with Gasteiger partial charge < -0.3 is 10.6 Å².